The summed E-state index contributed by atoms with van der Waals surface area (Å²) >= 11 is 0. The van der Waals surface area contributed by atoms with Gasteiger partial charge in [0.15, 0.2) is 0 Å². The number of nitrogens with zero attached hydrogens (tertiary/aromatic N) is 1. The summed E-state index contributed by atoms with van der Waals surface area (Å²) in [4.78, 5) is 12.2. The molecule has 1 unspecified atom stereocenters. The minimum absolute atomic E-state index is 0.162. The average molecular weight is 325 g/mol. The van der Waals surface area contributed by atoms with Gasteiger partial charge in [0.1, 0.15) is 0 Å². The van der Waals surface area contributed by atoms with Gasteiger partial charge >= 0.3 is 0 Å². The van der Waals surface area contributed by atoms with Crippen LogP contribution in [0.15, 0.2) is 24.3 Å². The predicted molar refractivity (Wildman–Crippen MR) is 87.2 cm³/mol. The van der Waals surface area contributed by atoms with Gasteiger partial charge in [-0.25, -0.2) is 8.42 Å². The summed E-state index contributed by atoms with van der Waals surface area (Å²) in [5.41, 5.74) is 1.79. The highest BCUT2D eigenvalue weighted by Gasteiger charge is 2.28. The van der Waals surface area contributed by atoms with E-state index in [4.69, 9.17) is 0 Å². The zero-order valence-corrected chi connectivity index (χ0v) is 13.8. The van der Waals surface area contributed by atoms with Gasteiger partial charge in [0.05, 0.1) is 11.7 Å². The summed E-state index contributed by atoms with van der Waals surface area (Å²) in [5.74, 6) is -1.03. The van der Waals surface area contributed by atoms with Crippen molar-refractivity contribution in [1.29, 1.82) is 0 Å². The van der Waals surface area contributed by atoms with E-state index >= 15 is 0 Å². The third-order valence-corrected chi connectivity index (χ3v) is 5.77. The molecule has 0 radical (unpaired) electrons. The maximum atomic E-state index is 12.3. The molecule has 1 amide bonds. The molecule has 1 heterocycles. The van der Waals surface area contributed by atoms with E-state index in [1.54, 1.807) is 6.92 Å². The topological polar surface area (TPSA) is 78.5 Å². The van der Waals surface area contributed by atoms with Crippen molar-refractivity contribution >= 4 is 21.6 Å². The number of anilines is 1. The van der Waals surface area contributed by atoms with Gasteiger partial charge in [-0.1, -0.05) is 24.6 Å². The largest absolute Gasteiger partial charge is 0.326 e. The minimum atomic E-state index is -3.39. The van der Waals surface area contributed by atoms with Crippen LogP contribution in [0.2, 0.25) is 0 Å². The van der Waals surface area contributed by atoms with Gasteiger partial charge in [-0.2, -0.15) is 4.31 Å². The van der Waals surface area contributed by atoms with Crippen molar-refractivity contribution in [3.63, 3.8) is 0 Å². The summed E-state index contributed by atoms with van der Waals surface area (Å²) in [6.07, 6.45) is 0. The van der Waals surface area contributed by atoms with Crippen molar-refractivity contribution in [2.24, 2.45) is 5.92 Å². The number of carbonyl (C=O) groups is 1. The standard InChI is InChI=1S/C15H23N3O3S/c1-12-3-5-14(6-4-12)17-15(19)13(2)11-22(20,21)18-9-7-16-8-10-18/h3-6,13,16H,7-11H2,1-2H3,(H,17,19). The first kappa shape index (κ1) is 16.9. The monoisotopic (exact) mass is 325 g/mol. The Bertz CT molecular complexity index is 607. The lowest BCUT2D eigenvalue weighted by Crippen LogP contribution is -2.48. The molecule has 6 nitrogen and oxygen atoms in total. The van der Waals surface area contributed by atoms with Crippen molar-refractivity contribution in [3.05, 3.63) is 29.8 Å². The highest BCUT2D eigenvalue weighted by Crippen LogP contribution is 2.13. The van der Waals surface area contributed by atoms with Crippen LogP contribution in [0.1, 0.15) is 12.5 Å². The number of aryl methyl sites for hydroxylation is 1. The molecular formula is C15H23N3O3S. The van der Waals surface area contributed by atoms with E-state index in [-0.39, 0.29) is 11.7 Å². The Hall–Kier alpha value is -1.44. The van der Waals surface area contributed by atoms with Crippen molar-refractivity contribution in [2.45, 2.75) is 13.8 Å². The van der Waals surface area contributed by atoms with E-state index in [0.717, 1.165) is 5.56 Å². The van der Waals surface area contributed by atoms with Gasteiger partial charge in [-0.15, -0.1) is 0 Å². The Balaban J connectivity index is 1.94. The number of hydrogen-bond donors (Lipinski definition) is 2. The molecule has 7 heteroatoms. The van der Waals surface area contributed by atoms with Crippen LogP contribution in [0.5, 0.6) is 0 Å². The van der Waals surface area contributed by atoms with Crippen LogP contribution >= 0.6 is 0 Å². The highest BCUT2D eigenvalue weighted by atomic mass is 32.2. The highest BCUT2D eigenvalue weighted by molar-refractivity contribution is 7.89. The van der Waals surface area contributed by atoms with Crippen molar-refractivity contribution in [2.75, 3.05) is 37.2 Å². The number of carbonyl (C=O) groups excluding carboxylic acids is 1. The SMILES string of the molecule is Cc1ccc(NC(=O)C(C)CS(=O)(=O)N2CCNCC2)cc1. The fourth-order valence-electron chi connectivity index (χ4n) is 2.32. The molecule has 1 aromatic carbocycles. The molecule has 2 N–H and O–H groups in total. The molecule has 2 rings (SSSR count). The van der Waals surface area contributed by atoms with Crippen molar-refractivity contribution < 1.29 is 13.2 Å². The number of nitrogens with one attached hydrogen (secondary N) is 2. The Labute approximate surface area is 131 Å². The molecule has 0 bridgehead atoms. The molecule has 0 spiro atoms. The first-order valence-electron chi connectivity index (χ1n) is 7.44. The number of rotatable bonds is 5. The predicted octanol–water partition coefficient (Wildman–Crippen LogP) is 0.805. The lowest BCUT2D eigenvalue weighted by atomic mass is 10.2. The lowest BCUT2D eigenvalue weighted by Gasteiger charge is -2.27. The van der Waals surface area contributed by atoms with E-state index in [1.165, 1.54) is 4.31 Å². The summed E-state index contributed by atoms with van der Waals surface area (Å²) in [6, 6.07) is 7.42. The summed E-state index contributed by atoms with van der Waals surface area (Å²) < 4.78 is 26.1. The number of hydrogen-bond acceptors (Lipinski definition) is 4. The molecule has 1 aliphatic rings. The second kappa shape index (κ2) is 7.21. The molecule has 1 fully saturated rings. The van der Waals surface area contributed by atoms with Gasteiger partial charge < -0.3 is 10.6 Å². The molecular weight excluding hydrogens is 302 g/mol. The lowest BCUT2D eigenvalue weighted by molar-refractivity contribution is -0.118. The summed E-state index contributed by atoms with van der Waals surface area (Å²) in [6.45, 7) is 5.85. The fourth-order valence-corrected chi connectivity index (χ4v) is 4.05. The van der Waals surface area contributed by atoms with E-state index in [0.29, 0.717) is 31.9 Å². The number of benzene rings is 1. The first-order valence-corrected chi connectivity index (χ1v) is 9.05. The normalized spacial score (nSPS) is 17.9. The van der Waals surface area contributed by atoms with Crippen LogP contribution in [0.3, 0.4) is 0 Å². The third kappa shape index (κ3) is 4.53. The van der Waals surface area contributed by atoms with Gasteiger partial charge in [-0.05, 0) is 19.1 Å². The molecule has 1 saturated heterocycles. The van der Waals surface area contributed by atoms with E-state index in [9.17, 15) is 13.2 Å². The van der Waals surface area contributed by atoms with E-state index < -0.39 is 15.9 Å². The summed E-state index contributed by atoms with van der Waals surface area (Å²) in [5, 5.41) is 5.87. The Morgan fingerprint density at radius 1 is 1.27 bits per heavy atom. The third-order valence-electron chi connectivity index (χ3n) is 3.70. The Morgan fingerprint density at radius 3 is 2.45 bits per heavy atom. The molecule has 1 aliphatic heterocycles. The molecule has 0 aromatic heterocycles. The van der Waals surface area contributed by atoms with Gasteiger partial charge in [0.2, 0.25) is 15.9 Å². The maximum absolute atomic E-state index is 12.3. The Morgan fingerprint density at radius 2 is 1.86 bits per heavy atom. The van der Waals surface area contributed by atoms with Gasteiger partial charge in [0, 0.05) is 31.9 Å². The van der Waals surface area contributed by atoms with Gasteiger partial charge in [0.25, 0.3) is 0 Å². The molecule has 1 atom stereocenters. The average Bonchev–Trinajstić information content (AvgIpc) is 2.50. The first-order chi connectivity index (χ1) is 10.4. The fraction of sp³-hybridized carbons (Fsp3) is 0.533. The van der Waals surface area contributed by atoms with E-state index in [1.807, 2.05) is 31.2 Å². The van der Waals surface area contributed by atoms with Crippen LogP contribution < -0.4 is 10.6 Å². The van der Waals surface area contributed by atoms with Crippen molar-refractivity contribution in [1.82, 2.24) is 9.62 Å². The number of sulfonamides is 1. The molecule has 0 aliphatic carbocycles. The molecule has 22 heavy (non-hydrogen) atoms. The maximum Gasteiger partial charge on any atom is 0.228 e. The minimum Gasteiger partial charge on any atom is -0.326 e. The zero-order chi connectivity index (χ0) is 16.2. The zero-order valence-electron chi connectivity index (χ0n) is 13.0. The van der Waals surface area contributed by atoms with Crippen LogP contribution in [0.25, 0.3) is 0 Å². The molecule has 1 aromatic rings. The van der Waals surface area contributed by atoms with Crippen LogP contribution in [-0.2, 0) is 14.8 Å². The van der Waals surface area contributed by atoms with Crippen LogP contribution in [-0.4, -0.2) is 50.6 Å². The Kier molecular flexibility index (Phi) is 5.55. The van der Waals surface area contributed by atoms with Crippen LogP contribution in [0, 0.1) is 12.8 Å². The number of amides is 1. The van der Waals surface area contributed by atoms with Gasteiger partial charge in [-0.3, -0.25) is 4.79 Å². The van der Waals surface area contributed by atoms with Crippen molar-refractivity contribution in [3.8, 4) is 0 Å². The molecule has 122 valence electrons. The number of piperazine rings is 1. The smallest absolute Gasteiger partial charge is 0.228 e. The molecule has 0 saturated carbocycles. The van der Waals surface area contributed by atoms with E-state index in [2.05, 4.69) is 10.6 Å². The van der Waals surface area contributed by atoms with Crippen LogP contribution in [0.4, 0.5) is 5.69 Å². The quantitative estimate of drug-likeness (QED) is 0.839. The second-order valence-electron chi connectivity index (χ2n) is 5.68. The summed E-state index contributed by atoms with van der Waals surface area (Å²) in [7, 11) is -3.39. The second-order valence-corrected chi connectivity index (χ2v) is 7.70.